The molecule has 6 heteroatoms. The van der Waals surface area contributed by atoms with E-state index in [9.17, 15) is 5.11 Å². The molecule has 6 nitrogen and oxygen atoms in total. The van der Waals surface area contributed by atoms with Crippen LogP contribution in [0.4, 0.5) is 5.82 Å². The number of hydrogen-bond donors (Lipinski definition) is 2. The maximum Gasteiger partial charge on any atom is 0.186 e. The lowest BCUT2D eigenvalue weighted by molar-refractivity contribution is 0.0456. The number of anilines is 1. The van der Waals surface area contributed by atoms with E-state index in [2.05, 4.69) is 20.4 Å². The number of nitrogens with one attached hydrogen (secondary N) is 1. The molecule has 0 aromatic carbocycles. The highest BCUT2D eigenvalue weighted by atomic mass is 16.3. The first-order chi connectivity index (χ1) is 8.58. The largest absolute Gasteiger partial charge is 0.388 e. The second kappa shape index (κ2) is 4.89. The van der Waals surface area contributed by atoms with Crippen LogP contribution in [0.3, 0.4) is 0 Å². The molecule has 0 atom stereocenters. The normalized spacial score (nSPS) is 12.0. The Morgan fingerprint density at radius 2 is 2.06 bits per heavy atom. The van der Waals surface area contributed by atoms with Gasteiger partial charge in [0.25, 0.3) is 0 Å². The van der Waals surface area contributed by atoms with E-state index < -0.39 is 5.60 Å². The second-order valence-corrected chi connectivity index (χ2v) is 4.55. The zero-order valence-electron chi connectivity index (χ0n) is 11.0. The Balaban J connectivity index is 2.21. The van der Waals surface area contributed by atoms with Gasteiger partial charge in [0.1, 0.15) is 12.1 Å². The first-order valence-corrected chi connectivity index (χ1v) is 6.18. The third-order valence-corrected chi connectivity index (χ3v) is 3.33. The Kier molecular flexibility index (Phi) is 3.47. The molecule has 2 aromatic heterocycles. The van der Waals surface area contributed by atoms with Gasteiger partial charge in [0, 0.05) is 19.8 Å². The predicted octanol–water partition coefficient (Wildman–Crippen LogP) is 1.33. The predicted molar refractivity (Wildman–Crippen MR) is 70.3 cm³/mol. The van der Waals surface area contributed by atoms with Crippen LogP contribution in [-0.2, 0) is 7.05 Å². The van der Waals surface area contributed by atoms with Crippen molar-refractivity contribution in [3.05, 3.63) is 12.5 Å². The molecule has 0 saturated carbocycles. The fourth-order valence-electron chi connectivity index (χ4n) is 1.84. The van der Waals surface area contributed by atoms with Crippen molar-refractivity contribution in [3.8, 4) is 0 Å². The van der Waals surface area contributed by atoms with Crippen LogP contribution in [0.1, 0.15) is 26.7 Å². The smallest absolute Gasteiger partial charge is 0.186 e. The molecule has 2 N–H and O–H groups in total. The van der Waals surface area contributed by atoms with Gasteiger partial charge in [-0.05, 0) is 12.8 Å². The number of hydrogen-bond acceptors (Lipinski definition) is 5. The summed E-state index contributed by atoms with van der Waals surface area (Å²) in [6.45, 7) is 4.43. The molecule has 0 aliphatic rings. The van der Waals surface area contributed by atoms with Gasteiger partial charge in [0.15, 0.2) is 5.65 Å². The van der Waals surface area contributed by atoms with Crippen molar-refractivity contribution in [2.45, 2.75) is 32.3 Å². The van der Waals surface area contributed by atoms with E-state index >= 15 is 0 Å². The topological polar surface area (TPSA) is 75.9 Å². The lowest BCUT2D eigenvalue weighted by atomic mass is 9.98. The number of aliphatic hydroxyl groups is 1. The molecule has 0 aliphatic heterocycles. The fourth-order valence-corrected chi connectivity index (χ4v) is 1.84. The van der Waals surface area contributed by atoms with Gasteiger partial charge in [0.2, 0.25) is 0 Å². The summed E-state index contributed by atoms with van der Waals surface area (Å²) in [6, 6.07) is 0. The summed E-state index contributed by atoms with van der Waals surface area (Å²) in [5.74, 6) is 0.716. The minimum Gasteiger partial charge on any atom is -0.388 e. The van der Waals surface area contributed by atoms with Gasteiger partial charge >= 0.3 is 0 Å². The molecule has 0 unspecified atom stereocenters. The Bertz CT molecular complexity index is 532. The average molecular weight is 249 g/mol. The SMILES string of the molecule is CCC(O)(CC)CNc1ncnc2nn(C)cc12. The van der Waals surface area contributed by atoms with Crippen molar-refractivity contribution in [3.63, 3.8) is 0 Å². The molecule has 2 rings (SSSR count). The molecule has 2 aromatic rings. The van der Waals surface area contributed by atoms with E-state index in [-0.39, 0.29) is 0 Å². The van der Waals surface area contributed by atoms with Gasteiger partial charge in [-0.15, -0.1) is 0 Å². The van der Waals surface area contributed by atoms with Crippen LogP contribution in [0, 0.1) is 0 Å². The summed E-state index contributed by atoms with van der Waals surface area (Å²) in [5, 5.41) is 18.5. The zero-order chi connectivity index (χ0) is 13.2. The molecule has 0 bridgehead atoms. The van der Waals surface area contributed by atoms with Gasteiger partial charge in [0.05, 0.1) is 11.0 Å². The lowest BCUT2D eigenvalue weighted by Gasteiger charge is -2.25. The van der Waals surface area contributed by atoms with Crippen molar-refractivity contribution in [1.82, 2.24) is 19.7 Å². The Morgan fingerprint density at radius 3 is 2.72 bits per heavy atom. The number of nitrogens with zero attached hydrogens (tertiary/aromatic N) is 4. The van der Waals surface area contributed by atoms with E-state index in [1.807, 2.05) is 27.1 Å². The molecule has 0 amide bonds. The van der Waals surface area contributed by atoms with Gasteiger partial charge in [-0.3, -0.25) is 4.68 Å². The van der Waals surface area contributed by atoms with Crippen molar-refractivity contribution in [1.29, 1.82) is 0 Å². The van der Waals surface area contributed by atoms with Crippen molar-refractivity contribution >= 4 is 16.9 Å². The summed E-state index contributed by atoms with van der Waals surface area (Å²) in [5.41, 5.74) is -0.0361. The van der Waals surface area contributed by atoms with E-state index in [1.54, 1.807) is 4.68 Å². The second-order valence-electron chi connectivity index (χ2n) is 4.55. The van der Waals surface area contributed by atoms with Gasteiger partial charge in [-0.25, -0.2) is 9.97 Å². The summed E-state index contributed by atoms with van der Waals surface area (Å²) >= 11 is 0. The van der Waals surface area contributed by atoms with Crippen LogP contribution in [0.15, 0.2) is 12.5 Å². The van der Waals surface area contributed by atoms with Crippen molar-refractivity contribution in [2.75, 3.05) is 11.9 Å². The molecule has 2 heterocycles. The third kappa shape index (κ3) is 2.43. The summed E-state index contributed by atoms with van der Waals surface area (Å²) < 4.78 is 1.70. The van der Waals surface area contributed by atoms with E-state index in [1.165, 1.54) is 6.33 Å². The monoisotopic (exact) mass is 249 g/mol. The van der Waals surface area contributed by atoms with Crippen LogP contribution >= 0.6 is 0 Å². The molecule has 0 saturated heterocycles. The maximum absolute atomic E-state index is 10.2. The first kappa shape index (κ1) is 12.8. The molecular weight excluding hydrogens is 230 g/mol. The Hall–Kier alpha value is -1.69. The van der Waals surface area contributed by atoms with Crippen LogP contribution in [-0.4, -0.2) is 37.0 Å². The van der Waals surface area contributed by atoms with E-state index in [0.29, 0.717) is 30.9 Å². The highest BCUT2D eigenvalue weighted by Gasteiger charge is 2.22. The number of aryl methyl sites for hydroxylation is 1. The molecule has 0 fully saturated rings. The highest BCUT2D eigenvalue weighted by molar-refractivity contribution is 5.85. The molecule has 0 aliphatic carbocycles. The minimum absolute atomic E-state index is 0.473. The summed E-state index contributed by atoms with van der Waals surface area (Å²) in [6.07, 6.45) is 4.76. The first-order valence-electron chi connectivity index (χ1n) is 6.18. The van der Waals surface area contributed by atoms with Crippen molar-refractivity contribution in [2.24, 2.45) is 7.05 Å². The summed E-state index contributed by atoms with van der Waals surface area (Å²) in [7, 11) is 1.85. The third-order valence-electron chi connectivity index (χ3n) is 3.33. The molecule has 0 spiro atoms. The van der Waals surface area contributed by atoms with Crippen LogP contribution in [0.5, 0.6) is 0 Å². The van der Waals surface area contributed by atoms with E-state index in [0.717, 1.165) is 5.39 Å². The molecule has 0 radical (unpaired) electrons. The molecule has 98 valence electrons. The average Bonchev–Trinajstić information content (AvgIpc) is 2.76. The zero-order valence-corrected chi connectivity index (χ0v) is 11.0. The number of aromatic nitrogens is 4. The molecular formula is C12H19N5O. The Morgan fingerprint density at radius 1 is 1.33 bits per heavy atom. The quantitative estimate of drug-likeness (QED) is 0.836. The van der Waals surface area contributed by atoms with Crippen LogP contribution in [0.2, 0.25) is 0 Å². The van der Waals surface area contributed by atoms with Crippen LogP contribution < -0.4 is 5.32 Å². The van der Waals surface area contributed by atoms with Gasteiger partial charge in [-0.2, -0.15) is 5.10 Å². The Labute approximate surface area is 106 Å². The fraction of sp³-hybridized carbons (Fsp3) is 0.583. The van der Waals surface area contributed by atoms with Crippen LogP contribution in [0.25, 0.3) is 11.0 Å². The number of rotatable bonds is 5. The standard InChI is InChI=1S/C12H19N5O/c1-4-12(18,5-2)7-13-10-9-6-17(3)16-11(9)15-8-14-10/h6,8,18H,4-5,7H2,1-3H3,(H,13,14,15,16). The molecule has 18 heavy (non-hydrogen) atoms. The highest BCUT2D eigenvalue weighted by Crippen LogP contribution is 2.20. The lowest BCUT2D eigenvalue weighted by Crippen LogP contribution is -2.35. The van der Waals surface area contributed by atoms with Crippen molar-refractivity contribution < 1.29 is 5.11 Å². The minimum atomic E-state index is -0.695. The van der Waals surface area contributed by atoms with Gasteiger partial charge < -0.3 is 10.4 Å². The van der Waals surface area contributed by atoms with Gasteiger partial charge in [-0.1, -0.05) is 13.8 Å². The van der Waals surface area contributed by atoms with E-state index in [4.69, 9.17) is 0 Å². The maximum atomic E-state index is 10.2. The number of fused-ring (bicyclic) bond motifs is 1. The summed E-state index contributed by atoms with van der Waals surface area (Å²) in [4.78, 5) is 8.31.